The third kappa shape index (κ3) is 4.29. The van der Waals surface area contributed by atoms with E-state index in [2.05, 4.69) is 25.9 Å². The summed E-state index contributed by atoms with van der Waals surface area (Å²) in [5.74, 6) is -1.77. The largest absolute Gasteiger partial charge is 0.326 e. The number of hydrogen-bond donors (Lipinski definition) is 4. The number of aromatic nitrogens is 2. The summed E-state index contributed by atoms with van der Waals surface area (Å²) in [6.45, 7) is 0. The summed E-state index contributed by atoms with van der Waals surface area (Å²) < 4.78 is 0. The number of fused-ring (bicyclic) bond motifs is 1. The van der Waals surface area contributed by atoms with Gasteiger partial charge in [-0.3, -0.25) is 19.4 Å². The minimum Gasteiger partial charge on any atom is -0.326 e. The second kappa shape index (κ2) is 8.17. The van der Waals surface area contributed by atoms with Gasteiger partial charge in [0.25, 0.3) is 5.56 Å². The average molecular weight is 444 g/mol. The standard InChI is InChI=1S/C20H15Cl2N5O3/c21-10-3-1-5-12(7-10)23-18(29)14-9-15(28)25-17-16(14)19(30)27-20(26-17)24-13-6-2-4-11(22)8-13/h1-8,14H,9H2,(H,23,29)(H3,24,25,26,27,28,30)/t14-/m0/s1. The van der Waals surface area contributed by atoms with Crippen LogP contribution in [0.2, 0.25) is 10.0 Å². The summed E-state index contributed by atoms with van der Waals surface area (Å²) in [6, 6.07) is 13.4. The summed E-state index contributed by atoms with van der Waals surface area (Å²) in [7, 11) is 0. The Balaban J connectivity index is 1.64. The third-order valence-electron chi connectivity index (χ3n) is 4.45. The maximum atomic E-state index is 12.8. The molecule has 1 aliphatic rings. The molecular formula is C20H15Cl2N5O3. The van der Waals surface area contributed by atoms with Crippen molar-refractivity contribution in [1.82, 2.24) is 9.97 Å². The van der Waals surface area contributed by atoms with Crippen LogP contribution < -0.4 is 21.5 Å². The van der Waals surface area contributed by atoms with Crippen molar-refractivity contribution in [2.75, 3.05) is 16.0 Å². The molecule has 0 saturated carbocycles. The molecule has 30 heavy (non-hydrogen) atoms. The predicted octanol–water partition coefficient (Wildman–Crippen LogP) is 3.88. The van der Waals surface area contributed by atoms with Crippen molar-refractivity contribution in [3.8, 4) is 0 Å². The quantitative estimate of drug-likeness (QED) is 0.488. The number of amides is 2. The van der Waals surface area contributed by atoms with E-state index in [1.165, 1.54) is 0 Å². The molecule has 0 unspecified atom stereocenters. The van der Waals surface area contributed by atoms with Gasteiger partial charge in [-0.15, -0.1) is 0 Å². The highest BCUT2D eigenvalue weighted by Gasteiger charge is 2.34. The third-order valence-corrected chi connectivity index (χ3v) is 4.92. The first-order valence-corrected chi connectivity index (χ1v) is 9.68. The maximum Gasteiger partial charge on any atom is 0.258 e. The van der Waals surface area contributed by atoms with E-state index in [4.69, 9.17) is 23.2 Å². The molecule has 10 heteroatoms. The molecule has 152 valence electrons. The lowest BCUT2D eigenvalue weighted by atomic mass is 9.92. The van der Waals surface area contributed by atoms with Crippen LogP contribution in [0.3, 0.4) is 0 Å². The van der Waals surface area contributed by atoms with E-state index in [9.17, 15) is 14.4 Å². The molecular weight excluding hydrogens is 429 g/mol. The summed E-state index contributed by atoms with van der Waals surface area (Å²) in [4.78, 5) is 44.6. The smallest absolute Gasteiger partial charge is 0.258 e. The van der Waals surface area contributed by atoms with E-state index in [1.54, 1.807) is 48.5 Å². The molecule has 3 aromatic rings. The number of carbonyl (C=O) groups is 2. The van der Waals surface area contributed by atoms with Crippen LogP contribution in [0.5, 0.6) is 0 Å². The van der Waals surface area contributed by atoms with Gasteiger partial charge in [-0.2, -0.15) is 4.98 Å². The Morgan fingerprint density at radius 2 is 1.70 bits per heavy atom. The second-order valence-electron chi connectivity index (χ2n) is 6.62. The van der Waals surface area contributed by atoms with Crippen molar-refractivity contribution in [2.45, 2.75) is 12.3 Å². The van der Waals surface area contributed by atoms with Gasteiger partial charge in [0, 0.05) is 27.8 Å². The first kappa shape index (κ1) is 19.9. The highest BCUT2D eigenvalue weighted by molar-refractivity contribution is 6.31. The van der Waals surface area contributed by atoms with Crippen LogP contribution in [0, 0.1) is 0 Å². The van der Waals surface area contributed by atoms with Gasteiger partial charge in [0.05, 0.1) is 11.5 Å². The minimum absolute atomic E-state index is 0.0331. The van der Waals surface area contributed by atoms with Crippen LogP contribution in [0.15, 0.2) is 53.3 Å². The monoisotopic (exact) mass is 443 g/mol. The van der Waals surface area contributed by atoms with E-state index in [0.717, 1.165) is 0 Å². The SMILES string of the molecule is O=C1C[C@H](C(=O)Nc2cccc(Cl)c2)c2c(nc(Nc3cccc(Cl)c3)[nH]c2=O)N1. The Bertz CT molecular complexity index is 1210. The first-order valence-electron chi connectivity index (χ1n) is 8.92. The number of aromatic amines is 1. The summed E-state index contributed by atoms with van der Waals surface area (Å²) in [6.07, 6.45) is -0.175. The lowest BCUT2D eigenvalue weighted by Gasteiger charge is -2.23. The number of nitrogens with zero attached hydrogens (tertiary/aromatic N) is 1. The van der Waals surface area contributed by atoms with Gasteiger partial charge in [-0.25, -0.2) is 0 Å². The Labute approximate surface area is 180 Å². The van der Waals surface area contributed by atoms with Crippen molar-refractivity contribution in [3.05, 3.63) is 74.5 Å². The van der Waals surface area contributed by atoms with E-state index in [0.29, 0.717) is 21.4 Å². The molecule has 4 rings (SSSR count). The number of benzene rings is 2. The highest BCUT2D eigenvalue weighted by atomic mass is 35.5. The zero-order chi connectivity index (χ0) is 21.3. The summed E-state index contributed by atoms with van der Waals surface area (Å²) >= 11 is 11.9. The lowest BCUT2D eigenvalue weighted by molar-refractivity contribution is -0.123. The second-order valence-corrected chi connectivity index (χ2v) is 7.49. The van der Waals surface area contributed by atoms with Crippen molar-refractivity contribution in [1.29, 1.82) is 0 Å². The van der Waals surface area contributed by atoms with Crippen LogP contribution in [-0.2, 0) is 9.59 Å². The maximum absolute atomic E-state index is 12.8. The topological polar surface area (TPSA) is 116 Å². The molecule has 1 atom stereocenters. The Kier molecular flexibility index (Phi) is 5.43. The molecule has 1 aromatic heterocycles. The predicted molar refractivity (Wildman–Crippen MR) is 116 cm³/mol. The number of hydrogen-bond acceptors (Lipinski definition) is 5. The summed E-state index contributed by atoms with van der Waals surface area (Å²) in [5.41, 5.74) is 0.619. The molecule has 0 saturated heterocycles. The number of rotatable bonds is 4. The van der Waals surface area contributed by atoms with Crippen molar-refractivity contribution < 1.29 is 9.59 Å². The van der Waals surface area contributed by atoms with Crippen molar-refractivity contribution in [3.63, 3.8) is 0 Å². The molecule has 0 spiro atoms. The highest BCUT2D eigenvalue weighted by Crippen LogP contribution is 2.30. The molecule has 0 fully saturated rings. The van der Waals surface area contributed by atoms with Gasteiger partial charge >= 0.3 is 0 Å². The van der Waals surface area contributed by atoms with Crippen LogP contribution in [0.4, 0.5) is 23.1 Å². The number of nitrogens with one attached hydrogen (secondary N) is 4. The lowest BCUT2D eigenvalue weighted by Crippen LogP contribution is -2.36. The van der Waals surface area contributed by atoms with Crippen LogP contribution >= 0.6 is 23.2 Å². The van der Waals surface area contributed by atoms with E-state index in [-0.39, 0.29) is 23.8 Å². The van der Waals surface area contributed by atoms with Crippen LogP contribution in [0.1, 0.15) is 17.9 Å². The molecule has 0 aliphatic carbocycles. The number of halogens is 2. The van der Waals surface area contributed by atoms with Gasteiger partial charge in [-0.05, 0) is 36.4 Å². The molecule has 2 aromatic carbocycles. The van der Waals surface area contributed by atoms with Crippen molar-refractivity contribution in [2.24, 2.45) is 0 Å². The number of H-pyrrole nitrogens is 1. The Hall–Kier alpha value is -3.36. The van der Waals surface area contributed by atoms with Crippen LogP contribution in [-0.4, -0.2) is 21.8 Å². The van der Waals surface area contributed by atoms with Crippen molar-refractivity contribution >= 4 is 58.2 Å². The van der Waals surface area contributed by atoms with Crippen LogP contribution in [0.25, 0.3) is 0 Å². The number of anilines is 4. The molecule has 0 radical (unpaired) electrons. The molecule has 0 bridgehead atoms. The van der Waals surface area contributed by atoms with Gasteiger partial charge in [-0.1, -0.05) is 35.3 Å². The Morgan fingerprint density at radius 3 is 2.40 bits per heavy atom. The zero-order valence-corrected chi connectivity index (χ0v) is 16.8. The summed E-state index contributed by atoms with van der Waals surface area (Å²) in [5, 5.41) is 9.13. The molecule has 2 heterocycles. The van der Waals surface area contributed by atoms with E-state index >= 15 is 0 Å². The van der Waals surface area contributed by atoms with Gasteiger partial charge in [0.2, 0.25) is 17.8 Å². The first-order chi connectivity index (χ1) is 14.4. The van der Waals surface area contributed by atoms with Gasteiger partial charge < -0.3 is 16.0 Å². The molecule has 2 amide bonds. The molecule has 8 nitrogen and oxygen atoms in total. The number of carbonyl (C=O) groups excluding carboxylic acids is 2. The van der Waals surface area contributed by atoms with Gasteiger partial charge in [0.15, 0.2) is 0 Å². The fourth-order valence-electron chi connectivity index (χ4n) is 3.15. The van der Waals surface area contributed by atoms with Gasteiger partial charge in [0.1, 0.15) is 5.82 Å². The van der Waals surface area contributed by atoms with E-state index < -0.39 is 23.3 Å². The fraction of sp³-hybridized carbons (Fsp3) is 0.100. The normalized spacial score (nSPS) is 15.1. The molecule has 4 N–H and O–H groups in total. The average Bonchev–Trinajstić information content (AvgIpc) is 2.67. The Morgan fingerprint density at radius 1 is 1.03 bits per heavy atom. The molecule has 1 aliphatic heterocycles. The minimum atomic E-state index is -0.996. The zero-order valence-electron chi connectivity index (χ0n) is 15.3. The fourth-order valence-corrected chi connectivity index (χ4v) is 3.53. The van der Waals surface area contributed by atoms with E-state index in [1.807, 2.05) is 0 Å².